The van der Waals surface area contributed by atoms with E-state index in [1.54, 1.807) is 36.4 Å². The summed E-state index contributed by atoms with van der Waals surface area (Å²) in [5, 5.41) is 13.6. The van der Waals surface area contributed by atoms with Gasteiger partial charge in [0.1, 0.15) is 11.5 Å². The Morgan fingerprint density at radius 1 is 1.14 bits per heavy atom. The average Bonchev–Trinajstić information content (AvgIpc) is 2.47. The Morgan fingerprint density at radius 2 is 1.81 bits per heavy atom. The smallest absolute Gasteiger partial charge is 0.352 e. The van der Waals surface area contributed by atoms with Crippen molar-refractivity contribution in [3.8, 4) is 5.75 Å². The molecule has 2 aromatic carbocycles. The van der Waals surface area contributed by atoms with Gasteiger partial charge in [-0.1, -0.05) is 24.3 Å². The van der Waals surface area contributed by atoms with E-state index in [2.05, 4.69) is 15.0 Å². The van der Waals surface area contributed by atoms with Gasteiger partial charge in [0.2, 0.25) is 0 Å². The largest absolute Gasteiger partial charge is 0.507 e. The van der Waals surface area contributed by atoms with E-state index in [1.165, 1.54) is 14.0 Å². The van der Waals surface area contributed by atoms with Crippen LogP contribution in [0.15, 0.2) is 41.4 Å². The van der Waals surface area contributed by atoms with Gasteiger partial charge in [-0.25, -0.2) is 9.59 Å². The summed E-state index contributed by atoms with van der Waals surface area (Å²) in [5.41, 5.74) is 0.452. The van der Waals surface area contributed by atoms with Gasteiger partial charge in [-0.2, -0.15) is 4.99 Å². The van der Waals surface area contributed by atoms with E-state index in [9.17, 15) is 14.7 Å². The van der Waals surface area contributed by atoms with Crippen LogP contribution in [0.25, 0.3) is 10.8 Å². The van der Waals surface area contributed by atoms with E-state index >= 15 is 0 Å². The van der Waals surface area contributed by atoms with Gasteiger partial charge >= 0.3 is 12.0 Å². The molecule has 21 heavy (non-hydrogen) atoms. The molecule has 0 aliphatic carbocycles. The molecule has 0 aliphatic heterocycles. The standard InChI is InChI=1S/C15H14N2O4/c1-9(14(19)21-2)16-15(20)17-12-7-3-6-11-10(12)5-4-8-13(11)18/h3-8,18H,1-2H3,(H,17,20). The molecule has 2 rings (SSSR count). The normalized spacial score (nSPS) is 11.2. The molecular weight excluding hydrogens is 272 g/mol. The minimum Gasteiger partial charge on any atom is -0.507 e. The second-order valence-electron chi connectivity index (χ2n) is 4.30. The maximum Gasteiger partial charge on any atom is 0.352 e. The molecule has 2 amide bonds. The molecule has 6 heteroatoms. The minimum atomic E-state index is -0.686. The van der Waals surface area contributed by atoms with E-state index in [0.717, 1.165) is 0 Å². The Bertz CT molecular complexity index is 738. The van der Waals surface area contributed by atoms with Gasteiger partial charge in [0.25, 0.3) is 0 Å². The van der Waals surface area contributed by atoms with Crippen molar-refractivity contribution < 1.29 is 19.4 Å². The number of methoxy groups -OCH3 is 1. The lowest BCUT2D eigenvalue weighted by Gasteiger charge is -2.08. The summed E-state index contributed by atoms with van der Waals surface area (Å²) in [6.07, 6.45) is 0. The summed E-state index contributed by atoms with van der Waals surface area (Å²) < 4.78 is 4.47. The summed E-state index contributed by atoms with van der Waals surface area (Å²) >= 11 is 0. The number of phenols is 1. The predicted octanol–water partition coefficient (Wildman–Crippen LogP) is 2.71. The number of nitrogens with one attached hydrogen (secondary N) is 1. The van der Waals surface area contributed by atoms with E-state index in [0.29, 0.717) is 16.5 Å². The number of carbonyl (C=O) groups is 2. The highest BCUT2D eigenvalue weighted by molar-refractivity contribution is 6.37. The molecule has 6 nitrogen and oxygen atoms in total. The fourth-order valence-corrected chi connectivity index (χ4v) is 1.89. The molecule has 0 saturated carbocycles. The lowest BCUT2D eigenvalue weighted by atomic mass is 10.1. The summed E-state index contributed by atoms with van der Waals surface area (Å²) in [6, 6.07) is 9.44. The third-order valence-electron chi connectivity index (χ3n) is 2.89. The van der Waals surface area contributed by atoms with Crippen LogP contribution in [-0.2, 0) is 9.53 Å². The van der Waals surface area contributed by atoms with Crippen LogP contribution in [0, 0.1) is 0 Å². The Balaban J connectivity index is 2.30. The van der Waals surface area contributed by atoms with Crippen molar-refractivity contribution in [1.82, 2.24) is 0 Å². The summed E-state index contributed by atoms with van der Waals surface area (Å²) in [7, 11) is 1.22. The van der Waals surface area contributed by atoms with Gasteiger partial charge in [0.15, 0.2) is 0 Å². The van der Waals surface area contributed by atoms with E-state index in [-0.39, 0.29) is 11.5 Å². The highest BCUT2D eigenvalue weighted by Gasteiger charge is 2.10. The number of aromatic hydroxyl groups is 1. The molecule has 108 valence electrons. The molecule has 2 aromatic rings. The van der Waals surface area contributed by atoms with Crippen LogP contribution < -0.4 is 5.32 Å². The molecule has 0 unspecified atom stereocenters. The minimum absolute atomic E-state index is 0.0434. The first-order chi connectivity index (χ1) is 10.0. The maximum atomic E-state index is 11.8. The molecule has 0 aliphatic rings. The molecular formula is C15H14N2O4. The average molecular weight is 286 g/mol. The number of anilines is 1. The van der Waals surface area contributed by atoms with Crippen LogP contribution in [0.3, 0.4) is 0 Å². The van der Waals surface area contributed by atoms with Crippen LogP contribution >= 0.6 is 0 Å². The Kier molecular flexibility index (Phi) is 4.18. The van der Waals surface area contributed by atoms with Crippen molar-refractivity contribution in [1.29, 1.82) is 0 Å². The fraction of sp³-hybridized carbons (Fsp3) is 0.133. The summed E-state index contributed by atoms with van der Waals surface area (Å²) in [6.45, 7) is 1.39. The molecule has 0 fully saturated rings. The lowest BCUT2D eigenvalue weighted by Crippen LogP contribution is -2.16. The first kappa shape index (κ1) is 14.5. The van der Waals surface area contributed by atoms with Crippen molar-refractivity contribution in [3.63, 3.8) is 0 Å². The second kappa shape index (κ2) is 6.04. The van der Waals surface area contributed by atoms with Crippen LogP contribution in [0.4, 0.5) is 10.5 Å². The van der Waals surface area contributed by atoms with Crippen molar-refractivity contribution in [2.45, 2.75) is 6.92 Å². The number of urea groups is 1. The van der Waals surface area contributed by atoms with Crippen molar-refractivity contribution in [2.24, 2.45) is 4.99 Å². The zero-order valence-corrected chi connectivity index (χ0v) is 11.6. The second-order valence-corrected chi connectivity index (χ2v) is 4.30. The van der Waals surface area contributed by atoms with Gasteiger partial charge < -0.3 is 15.2 Å². The number of esters is 1. The molecule has 0 saturated heterocycles. The Hall–Kier alpha value is -2.89. The molecule has 0 bridgehead atoms. The number of benzene rings is 2. The number of aliphatic imine (C=N–C) groups is 1. The van der Waals surface area contributed by atoms with Crippen LogP contribution in [0.1, 0.15) is 6.92 Å². The number of nitrogens with zero attached hydrogens (tertiary/aromatic N) is 1. The van der Waals surface area contributed by atoms with Gasteiger partial charge in [-0.05, 0) is 19.1 Å². The van der Waals surface area contributed by atoms with E-state index in [1.807, 2.05) is 0 Å². The quantitative estimate of drug-likeness (QED) is 0.656. The highest BCUT2D eigenvalue weighted by Crippen LogP contribution is 2.29. The highest BCUT2D eigenvalue weighted by atomic mass is 16.5. The first-order valence-corrected chi connectivity index (χ1v) is 6.18. The molecule has 0 atom stereocenters. The lowest BCUT2D eigenvalue weighted by molar-refractivity contribution is -0.132. The third kappa shape index (κ3) is 3.17. The Labute approximate surface area is 121 Å². The monoisotopic (exact) mass is 286 g/mol. The number of phenolic OH excluding ortho intramolecular Hbond substituents is 1. The van der Waals surface area contributed by atoms with Gasteiger partial charge in [-0.15, -0.1) is 0 Å². The topological polar surface area (TPSA) is 88.0 Å². The Morgan fingerprint density at radius 3 is 2.52 bits per heavy atom. The maximum absolute atomic E-state index is 11.8. The SMILES string of the molecule is COC(=O)C(C)=NC(=O)Nc1cccc2c(O)cccc12. The molecule has 2 N–H and O–H groups in total. The number of rotatable bonds is 2. The van der Waals surface area contributed by atoms with Crippen LogP contribution in [-0.4, -0.2) is 29.9 Å². The number of carbonyl (C=O) groups excluding carboxylic acids is 2. The van der Waals surface area contributed by atoms with Gasteiger partial charge in [0, 0.05) is 10.8 Å². The van der Waals surface area contributed by atoms with Crippen molar-refractivity contribution >= 4 is 34.2 Å². The number of amides is 2. The number of ether oxygens (including phenoxy) is 1. The number of hydrogen-bond acceptors (Lipinski definition) is 4. The summed E-state index contributed by atoms with van der Waals surface area (Å²) in [4.78, 5) is 26.6. The summed E-state index contributed by atoms with van der Waals surface area (Å²) in [5.74, 6) is -0.543. The third-order valence-corrected chi connectivity index (χ3v) is 2.89. The molecule has 0 radical (unpaired) electrons. The number of hydrogen-bond donors (Lipinski definition) is 2. The zero-order valence-electron chi connectivity index (χ0n) is 11.6. The first-order valence-electron chi connectivity index (χ1n) is 6.18. The predicted molar refractivity (Wildman–Crippen MR) is 79.8 cm³/mol. The molecule has 0 heterocycles. The zero-order chi connectivity index (χ0) is 15.4. The number of fused-ring (bicyclic) bond motifs is 1. The van der Waals surface area contributed by atoms with Crippen molar-refractivity contribution in [2.75, 3.05) is 12.4 Å². The fourth-order valence-electron chi connectivity index (χ4n) is 1.89. The molecule has 0 aromatic heterocycles. The van der Waals surface area contributed by atoms with E-state index in [4.69, 9.17) is 0 Å². The van der Waals surface area contributed by atoms with Crippen molar-refractivity contribution in [3.05, 3.63) is 36.4 Å². The van der Waals surface area contributed by atoms with Gasteiger partial charge in [-0.3, -0.25) is 0 Å². The molecule has 0 spiro atoms. The van der Waals surface area contributed by atoms with Gasteiger partial charge in [0.05, 0.1) is 12.8 Å². The van der Waals surface area contributed by atoms with Crippen LogP contribution in [0.2, 0.25) is 0 Å². The van der Waals surface area contributed by atoms with E-state index < -0.39 is 12.0 Å². The van der Waals surface area contributed by atoms with Crippen LogP contribution in [0.5, 0.6) is 5.75 Å².